The molecule has 0 saturated heterocycles. The van der Waals surface area contributed by atoms with E-state index in [1.165, 1.54) is 28.4 Å². The number of hydrogen-bond acceptors (Lipinski definition) is 0. The fourth-order valence-corrected chi connectivity index (χ4v) is 20.0. The highest BCUT2D eigenvalue weighted by Gasteiger charge is 2.63. The first-order valence-corrected chi connectivity index (χ1v) is 22.7. The highest BCUT2D eigenvalue weighted by atomic mass is 31.1. The van der Waals surface area contributed by atoms with Gasteiger partial charge in [-0.1, -0.05) is 110 Å². The Morgan fingerprint density at radius 3 is 1.22 bits per heavy atom. The van der Waals surface area contributed by atoms with Gasteiger partial charge in [-0.15, -0.1) is 9.24 Å². The molecule has 8 aliphatic rings. The van der Waals surface area contributed by atoms with Gasteiger partial charge in [0, 0.05) is 5.16 Å². The number of hydrogen-bond donors (Lipinski definition) is 0. The first-order valence-electron chi connectivity index (χ1n) is 20.6. The van der Waals surface area contributed by atoms with Gasteiger partial charge in [-0.05, 0) is 185 Å². The van der Waals surface area contributed by atoms with Gasteiger partial charge in [-0.2, -0.15) is 0 Å². The van der Waals surface area contributed by atoms with Gasteiger partial charge in [-0.3, -0.25) is 0 Å². The van der Waals surface area contributed by atoms with Crippen molar-refractivity contribution in [3.05, 3.63) is 83.9 Å². The van der Waals surface area contributed by atoms with Gasteiger partial charge in [0.25, 0.3) is 0 Å². The minimum atomic E-state index is -0.175. The fourth-order valence-electron chi connectivity index (χ4n) is 14.6. The summed E-state index contributed by atoms with van der Waals surface area (Å²) in [6.45, 7) is 15.1. The maximum Gasteiger partial charge on any atom is 0.0197 e. The summed E-state index contributed by atoms with van der Waals surface area (Å²) in [5, 5.41) is 1.15. The average molecular weight is 703 g/mol. The molecule has 8 bridgehead atoms. The van der Waals surface area contributed by atoms with Crippen LogP contribution in [0.3, 0.4) is 0 Å². The van der Waals surface area contributed by atoms with Crippen LogP contribution in [0.2, 0.25) is 0 Å². The smallest absolute Gasteiger partial charge is 0.0197 e. The molecule has 0 nitrogen and oxygen atoms in total. The fraction of sp³-hybridized carbons (Fsp3) is 0.625. The van der Waals surface area contributed by atoms with Crippen molar-refractivity contribution in [1.82, 2.24) is 0 Å². The summed E-state index contributed by atoms with van der Waals surface area (Å²) in [7, 11) is 3.39. The van der Waals surface area contributed by atoms with Gasteiger partial charge in [0.05, 0.1) is 0 Å². The van der Waals surface area contributed by atoms with Crippen molar-refractivity contribution in [1.29, 1.82) is 0 Å². The molecule has 3 aromatic carbocycles. The zero-order valence-corrected chi connectivity index (χ0v) is 34.2. The molecular formula is C48H64P2. The second-order valence-electron chi connectivity index (χ2n) is 21.0. The maximum atomic E-state index is 3.56. The normalized spacial score (nSPS) is 35.1. The lowest BCUT2D eigenvalue weighted by Crippen LogP contribution is -2.56. The minimum absolute atomic E-state index is 0.0665. The van der Waals surface area contributed by atoms with Crippen molar-refractivity contribution < 1.29 is 0 Å². The van der Waals surface area contributed by atoms with E-state index in [1.54, 1.807) is 88.2 Å². The molecule has 0 N–H and O–H groups in total. The van der Waals surface area contributed by atoms with E-state index in [-0.39, 0.29) is 23.9 Å². The molecule has 1 atom stereocenters. The first-order chi connectivity index (χ1) is 23.8. The van der Waals surface area contributed by atoms with E-state index in [2.05, 4.69) is 124 Å². The monoisotopic (exact) mass is 702 g/mol. The van der Waals surface area contributed by atoms with E-state index in [0.717, 1.165) is 35.5 Å². The summed E-state index contributed by atoms with van der Waals surface area (Å²) in [6, 6.07) is 28.3. The highest BCUT2D eigenvalue weighted by molar-refractivity contribution is 7.60. The topological polar surface area (TPSA) is 0 Å². The Hall–Kier alpha value is -1.48. The maximum absolute atomic E-state index is 3.56. The van der Waals surface area contributed by atoms with Crippen LogP contribution in [-0.4, -0.2) is 10.3 Å². The summed E-state index contributed by atoms with van der Waals surface area (Å²) in [4.78, 5) is 0. The molecule has 1 unspecified atom stereocenters. The van der Waals surface area contributed by atoms with Gasteiger partial charge in [0.15, 0.2) is 0 Å². The minimum Gasteiger partial charge on any atom is -0.125 e. The molecule has 11 rings (SSSR count). The second-order valence-corrected chi connectivity index (χ2v) is 24.9. The van der Waals surface area contributed by atoms with Crippen molar-refractivity contribution >= 4 is 17.2 Å². The van der Waals surface area contributed by atoms with E-state index in [0.29, 0.717) is 10.3 Å². The molecule has 8 fully saturated rings. The van der Waals surface area contributed by atoms with Gasteiger partial charge < -0.3 is 0 Å². The van der Waals surface area contributed by atoms with Crippen molar-refractivity contribution in [3.63, 3.8) is 0 Å². The highest BCUT2D eigenvalue weighted by Crippen LogP contribution is 2.80. The zero-order valence-electron chi connectivity index (χ0n) is 32.1. The lowest BCUT2D eigenvalue weighted by atomic mass is 9.55. The predicted molar refractivity (Wildman–Crippen MR) is 220 cm³/mol. The van der Waals surface area contributed by atoms with E-state index in [4.69, 9.17) is 0 Å². The molecule has 0 spiro atoms. The van der Waals surface area contributed by atoms with E-state index in [1.807, 2.05) is 0 Å². The second kappa shape index (κ2) is 12.0. The summed E-state index contributed by atoms with van der Waals surface area (Å²) < 4.78 is 0. The molecule has 2 heteroatoms. The van der Waals surface area contributed by atoms with Crippen LogP contribution < -0.4 is 0 Å². The van der Waals surface area contributed by atoms with Gasteiger partial charge in [0.2, 0.25) is 0 Å². The molecule has 266 valence electrons. The SMILES string of the molecule is CC(C)(C)C(P)(c1cc(-c2ccccc2)c(-c2ccccc2)cc1CP(C12CC3CC(CC(C3)C1)C2)C12CC3CC(CC(C3)C1)C2)C(C)(C)C. The quantitative estimate of drug-likeness (QED) is 0.215. The summed E-state index contributed by atoms with van der Waals surface area (Å²) in [5.74, 6) is 6.11. The molecule has 8 saturated carbocycles. The average Bonchev–Trinajstić information content (AvgIpc) is 3.05. The van der Waals surface area contributed by atoms with Crippen molar-refractivity contribution in [2.45, 2.75) is 140 Å². The summed E-state index contributed by atoms with van der Waals surface area (Å²) in [6.07, 6.45) is 20.1. The lowest BCUT2D eigenvalue weighted by molar-refractivity contribution is 0.0184. The van der Waals surface area contributed by atoms with Gasteiger partial charge in [0.1, 0.15) is 0 Å². The van der Waals surface area contributed by atoms with Crippen molar-refractivity contribution in [2.24, 2.45) is 46.3 Å². The largest absolute Gasteiger partial charge is 0.125 e. The Kier molecular flexibility index (Phi) is 8.24. The van der Waals surface area contributed by atoms with Gasteiger partial charge in [-0.25, -0.2) is 0 Å². The summed E-state index contributed by atoms with van der Waals surface area (Å²) in [5.41, 5.74) is 9.03. The molecule has 0 radical (unpaired) electrons. The van der Waals surface area contributed by atoms with Crippen LogP contribution in [0.5, 0.6) is 0 Å². The Morgan fingerprint density at radius 1 is 0.540 bits per heavy atom. The van der Waals surface area contributed by atoms with Crippen LogP contribution in [0.1, 0.15) is 130 Å². The molecule has 8 aliphatic carbocycles. The van der Waals surface area contributed by atoms with Crippen molar-refractivity contribution in [3.8, 4) is 22.3 Å². The number of benzene rings is 3. The van der Waals surface area contributed by atoms with Crippen LogP contribution in [0.15, 0.2) is 72.8 Å². The van der Waals surface area contributed by atoms with Crippen LogP contribution in [0.4, 0.5) is 0 Å². The Labute approximate surface area is 308 Å². The zero-order chi connectivity index (χ0) is 34.7. The molecule has 0 amide bonds. The third-order valence-electron chi connectivity index (χ3n) is 15.7. The molecule has 0 heterocycles. The third-order valence-corrected chi connectivity index (χ3v) is 21.8. The van der Waals surface area contributed by atoms with Crippen LogP contribution in [0.25, 0.3) is 22.3 Å². The lowest BCUT2D eigenvalue weighted by Gasteiger charge is -2.68. The van der Waals surface area contributed by atoms with Crippen LogP contribution >= 0.6 is 17.2 Å². The third kappa shape index (κ3) is 5.49. The Balaban J connectivity index is 1.29. The molecule has 50 heavy (non-hydrogen) atoms. The molecule has 3 aromatic rings. The summed E-state index contributed by atoms with van der Waals surface area (Å²) >= 11 is 0. The molecule has 0 aromatic heterocycles. The van der Waals surface area contributed by atoms with Crippen molar-refractivity contribution in [2.75, 3.05) is 0 Å². The van der Waals surface area contributed by atoms with Crippen LogP contribution in [-0.2, 0) is 11.3 Å². The Morgan fingerprint density at radius 2 is 0.880 bits per heavy atom. The predicted octanol–water partition coefficient (Wildman–Crippen LogP) is 14.1. The van der Waals surface area contributed by atoms with Crippen LogP contribution in [0, 0.1) is 46.3 Å². The standard InChI is InChI=1S/C48H64P2/c1-44(2,3)48(49,45(4,5)6)43-24-42(39-15-11-8-12-16-39)41(38-13-9-7-10-14-38)23-40(43)31-50(46-25-32-17-33(26-46)19-34(18-32)27-46)47-28-35-20-36(29-47)22-37(21-35)30-47/h7-16,23-24,32-37H,17-22,25-31,49H2,1-6H3. The number of rotatable bonds is 7. The van der Waals surface area contributed by atoms with E-state index in [9.17, 15) is 0 Å². The van der Waals surface area contributed by atoms with E-state index >= 15 is 0 Å². The molecular weight excluding hydrogens is 638 g/mol. The van der Waals surface area contributed by atoms with E-state index < -0.39 is 0 Å². The molecule has 0 aliphatic heterocycles. The Bertz CT molecular complexity index is 1590. The van der Waals surface area contributed by atoms with Gasteiger partial charge >= 0.3 is 0 Å². The first kappa shape index (κ1) is 34.3.